The summed E-state index contributed by atoms with van der Waals surface area (Å²) in [6.45, 7) is 11.2. The molecule has 3 heteroatoms. The van der Waals surface area contributed by atoms with Crippen molar-refractivity contribution in [1.82, 2.24) is 10.3 Å². The lowest BCUT2D eigenvalue weighted by atomic mass is 10.1. The molecule has 0 bridgehead atoms. The average Bonchev–Trinajstić information content (AvgIpc) is 2.37. The Kier molecular flexibility index (Phi) is 4.97. The van der Waals surface area contributed by atoms with E-state index in [4.69, 9.17) is 4.74 Å². The fraction of sp³-hybridized carbons (Fsp3) is 0.389. The molecular formula is C18H24N2O. The summed E-state index contributed by atoms with van der Waals surface area (Å²) < 4.78 is 6.03. The molecular weight excluding hydrogens is 260 g/mol. The van der Waals surface area contributed by atoms with Crippen LogP contribution < -0.4 is 10.1 Å². The number of nitrogens with zero attached hydrogens (tertiary/aromatic N) is 1. The largest absolute Gasteiger partial charge is 0.439 e. The predicted molar refractivity (Wildman–Crippen MR) is 86.9 cm³/mol. The van der Waals surface area contributed by atoms with Crippen LogP contribution in [0.25, 0.3) is 0 Å². The minimum Gasteiger partial charge on any atom is -0.439 e. The van der Waals surface area contributed by atoms with Gasteiger partial charge in [0.15, 0.2) is 0 Å². The van der Waals surface area contributed by atoms with Crippen LogP contribution >= 0.6 is 0 Å². The quantitative estimate of drug-likeness (QED) is 0.889. The van der Waals surface area contributed by atoms with Crippen molar-refractivity contribution >= 4 is 0 Å². The zero-order chi connectivity index (χ0) is 15.4. The van der Waals surface area contributed by atoms with E-state index >= 15 is 0 Å². The third kappa shape index (κ3) is 4.30. The van der Waals surface area contributed by atoms with Gasteiger partial charge >= 0.3 is 0 Å². The first-order valence-electron chi connectivity index (χ1n) is 7.40. The molecule has 0 aliphatic rings. The van der Waals surface area contributed by atoms with Crippen molar-refractivity contribution in [1.29, 1.82) is 0 Å². The Labute approximate surface area is 127 Å². The molecule has 0 saturated carbocycles. The number of pyridine rings is 1. The third-order valence-corrected chi connectivity index (χ3v) is 3.33. The van der Waals surface area contributed by atoms with Crippen LogP contribution in [0.15, 0.2) is 30.3 Å². The van der Waals surface area contributed by atoms with Crippen molar-refractivity contribution in [2.75, 3.05) is 0 Å². The normalized spacial score (nSPS) is 11.0. The van der Waals surface area contributed by atoms with Crippen molar-refractivity contribution in [2.45, 2.75) is 47.2 Å². The zero-order valence-corrected chi connectivity index (χ0v) is 13.5. The fourth-order valence-corrected chi connectivity index (χ4v) is 2.23. The summed E-state index contributed by atoms with van der Waals surface area (Å²) in [6.07, 6.45) is 0. The molecule has 1 aromatic carbocycles. The van der Waals surface area contributed by atoms with E-state index in [1.165, 1.54) is 11.1 Å². The molecule has 0 unspecified atom stereocenters. The van der Waals surface area contributed by atoms with Gasteiger partial charge in [-0.15, -0.1) is 0 Å². The topological polar surface area (TPSA) is 34.1 Å². The van der Waals surface area contributed by atoms with Gasteiger partial charge in [0.1, 0.15) is 5.75 Å². The predicted octanol–water partition coefficient (Wildman–Crippen LogP) is 4.30. The summed E-state index contributed by atoms with van der Waals surface area (Å²) >= 11 is 0. The van der Waals surface area contributed by atoms with Crippen molar-refractivity contribution in [2.24, 2.45) is 0 Å². The summed E-state index contributed by atoms with van der Waals surface area (Å²) in [6, 6.07) is 10.6. The van der Waals surface area contributed by atoms with Gasteiger partial charge in [0.05, 0.1) is 0 Å². The minimum atomic E-state index is 0.428. The summed E-state index contributed by atoms with van der Waals surface area (Å²) in [5, 5.41) is 3.44. The van der Waals surface area contributed by atoms with Gasteiger partial charge in [-0.1, -0.05) is 26.0 Å². The number of ether oxygens (including phenoxy) is 1. The van der Waals surface area contributed by atoms with Crippen LogP contribution in [0.1, 0.15) is 36.2 Å². The molecule has 21 heavy (non-hydrogen) atoms. The van der Waals surface area contributed by atoms with Crippen LogP contribution in [0, 0.1) is 20.8 Å². The van der Waals surface area contributed by atoms with Gasteiger partial charge in [0, 0.05) is 23.8 Å². The van der Waals surface area contributed by atoms with E-state index in [0.29, 0.717) is 11.9 Å². The van der Waals surface area contributed by atoms with Crippen molar-refractivity contribution in [3.8, 4) is 11.6 Å². The lowest BCUT2D eigenvalue weighted by Gasteiger charge is -2.16. The number of benzene rings is 1. The number of aryl methyl sites for hydroxylation is 3. The maximum atomic E-state index is 6.03. The van der Waals surface area contributed by atoms with Crippen LogP contribution in [0.2, 0.25) is 0 Å². The lowest BCUT2D eigenvalue weighted by Crippen LogP contribution is -2.23. The second kappa shape index (κ2) is 6.72. The summed E-state index contributed by atoms with van der Waals surface area (Å²) in [7, 11) is 0. The zero-order valence-electron chi connectivity index (χ0n) is 13.5. The molecule has 2 aromatic rings. The van der Waals surface area contributed by atoms with Crippen LogP contribution in [0.4, 0.5) is 0 Å². The van der Waals surface area contributed by atoms with Crippen LogP contribution in [-0.4, -0.2) is 11.0 Å². The Morgan fingerprint density at radius 3 is 2.57 bits per heavy atom. The monoisotopic (exact) mass is 284 g/mol. The highest BCUT2D eigenvalue weighted by molar-refractivity contribution is 5.39. The number of nitrogens with one attached hydrogen (secondary N) is 1. The van der Waals surface area contributed by atoms with Gasteiger partial charge in [-0.2, -0.15) is 0 Å². The molecule has 0 atom stereocenters. The molecule has 0 spiro atoms. The molecule has 0 radical (unpaired) electrons. The van der Waals surface area contributed by atoms with Crippen molar-refractivity contribution in [3.63, 3.8) is 0 Å². The summed E-state index contributed by atoms with van der Waals surface area (Å²) in [5.74, 6) is 1.53. The molecule has 2 rings (SSSR count). The smallest absolute Gasteiger partial charge is 0.224 e. The van der Waals surface area contributed by atoms with Crippen LogP contribution in [0.5, 0.6) is 11.6 Å². The van der Waals surface area contributed by atoms with Gasteiger partial charge in [0.25, 0.3) is 0 Å². The Hall–Kier alpha value is -1.87. The highest BCUT2D eigenvalue weighted by Crippen LogP contribution is 2.27. The van der Waals surface area contributed by atoms with Crippen LogP contribution in [0.3, 0.4) is 0 Å². The van der Waals surface area contributed by atoms with Gasteiger partial charge in [0.2, 0.25) is 5.88 Å². The van der Waals surface area contributed by atoms with E-state index in [9.17, 15) is 0 Å². The Balaban J connectivity index is 2.32. The van der Waals surface area contributed by atoms with Gasteiger partial charge < -0.3 is 10.1 Å². The maximum Gasteiger partial charge on any atom is 0.224 e. The van der Waals surface area contributed by atoms with E-state index < -0.39 is 0 Å². The molecule has 0 fully saturated rings. The lowest BCUT2D eigenvalue weighted by molar-refractivity contribution is 0.447. The standard InChI is InChI=1S/C18H24N2O/c1-12(2)19-11-17-14(4)10-15(5)20-18(17)21-16-8-6-7-13(3)9-16/h6-10,12,19H,11H2,1-5H3. The molecule has 1 aromatic heterocycles. The van der Waals surface area contributed by atoms with Gasteiger partial charge in [-0.3, -0.25) is 0 Å². The molecule has 0 saturated heterocycles. The molecule has 0 amide bonds. The Morgan fingerprint density at radius 1 is 1.14 bits per heavy atom. The Morgan fingerprint density at radius 2 is 1.90 bits per heavy atom. The second-order valence-corrected chi connectivity index (χ2v) is 5.82. The van der Waals surface area contributed by atoms with E-state index in [-0.39, 0.29) is 0 Å². The first-order valence-corrected chi connectivity index (χ1v) is 7.40. The van der Waals surface area contributed by atoms with E-state index in [0.717, 1.165) is 23.6 Å². The highest BCUT2D eigenvalue weighted by Gasteiger charge is 2.12. The molecule has 112 valence electrons. The Bertz CT molecular complexity index is 621. The summed E-state index contributed by atoms with van der Waals surface area (Å²) in [5.41, 5.74) is 4.48. The average molecular weight is 284 g/mol. The summed E-state index contributed by atoms with van der Waals surface area (Å²) in [4.78, 5) is 4.57. The number of aromatic nitrogens is 1. The highest BCUT2D eigenvalue weighted by atomic mass is 16.5. The molecule has 0 aliphatic carbocycles. The number of hydrogen-bond donors (Lipinski definition) is 1. The van der Waals surface area contributed by atoms with E-state index in [1.807, 2.05) is 25.1 Å². The van der Waals surface area contributed by atoms with Gasteiger partial charge in [-0.05, 0) is 50.1 Å². The molecule has 1 N–H and O–H groups in total. The second-order valence-electron chi connectivity index (χ2n) is 5.82. The maximum absolute atomic E-state index is 6.03. The minimum absolute atomic E-state index is 0.428. The molecule has 1 heterocycles. The SMILES string of the molecule is Cc1cccc(Oc2nc(C)cc(C)c2CNC(C)C)c1. The van der Waals surface area contributed by atoms with E-state index in [1.54, 1.807) is 0 Å². The number of hydrogen-bond acceptors (Lipinski definition) is 3. The first kappa shape index (κ1) is 15.5. The van der Waals surface area contributed by atoms with Crippen LogP contribution in [-0.2, 0) is 6.54 Å². The van der Waals surface area contributed by atoms with Crippen molar-refractivity contribution < 1.29 is 4.74 Å². The van der Waals surface area contributed by atoms with Crippen molar-refractivity contribution in [3.05, 3.63) is 52.7 Å². The van der Waals surface area contributed by atoms with E-state index in [2.05, 4.69) is 50.1 Å². The third-order valence-electron chi connectivity index (χ3n) is 3.33. The van der Waals surface area contributed by atoms with Gasteiger partial charge in [-0.25, -0.2) is 4.98 Å². The molecule has 3 nitrogen and oxygen atoms in total. The number of rotatable bonds is 5. The molecule has 0 aliphatic heterocycles. The first-order chi connectivity index (χ1) is 9.95. The fourth-order valence-electron chi connectivity index (χ4n) is 2.23.